The lowest BCUT2D eigenvalue weighted by Crippen LogP contribution is -2.32. The predicted molar refractivity (Wildman–Crippen MR) is 112 cm³/mol. The molecule has 1 heterocycles. The third kappa shape index (κ3) is 4.96. The van der Waals surface area contributed by atoms with Crippen LogP contribution in [0.5, 0.6) is 0 Å². The number of esters is 2. The van der Waals surface area contributed by atoms with Crippen molar-refractivity contribution in [3.63, 3.8) is 0 Å². The van der Waals surface area contributed by atoms with Crippen LogP contribution in [-0.4, -0.2) is 29.8 Å². The van der Waals surface area contributed by atoms with E-state index in [1.807, 2.05) is 0 Å². The Morgan fingerprint density at radius 3 is 2.23 bits per heavy atom. The second-order valence-corrected chi connectivity index (χ2v) is 8.60. The molecule has 0 aliphatic carbocycles. The standard InChI is InChI=1S/C21H23Cl2NO6/c1-10-14(18(25)26)16(12-7-6-8-13(22)17(12)23)15(11(2)24-10)19(27)29-9-30-20(28)21(3,4)5/h6-8,16,24H,9H2,1-5H3,(H,25,26)/t16-/m0/s1. The van der Waals surface area contributed by atoms with Crippen LogP contribution in [0.15, 0.2) is 40.7 Å². The van der Waals surface area contributed by atoms with Crippen molar-refractivity contribution in [2.45, 2.75) is 40.5 Å². The van der Waals surface area contributed by atoms with Gasteiger partial charge in [0.15, 0.2) is 0 Å². The molecule has 1 aliphatic heterocycles. The first-order valence-corrected chi connectivity index (χ1v) is 9.82. The van der Waals surface area contributed by atoms with Gasteiger partial charge in [-0.15, -0.1) is 0 Å². The topological polar surface area (TPSA) is 102 Å². The maximum absolute atomic E-state index is 12.9. The van der Waals surface area contributed by atoms with Crippen molar-refractivity contribution in [2.75, 3.05) is 6.79 Å². The molecule has 0 radical (unpaired) electrons. The summed E-state index contributed by atoms with van der Waals surface area (Å²) in [5.74, 6) is -3.63. The van der Waals surface area contributed by atoms with Crippen LogP contribution in [0.25, 0.3) is 0 Å². The van der Waals surface area contributed by atoms with Crippen LogP contribution >= 0.6 is 23.2 Å². The van der Waals surface area contributed by atoms with Gasteiger partial charge in [0.05, 0.1) is 32.5 Å². The smallest absolute Gasteiger partial charge is 0.339 e. The van der Waals surface area contributed by atoms with Crippen molar-refractivity contribution in [3.8, 4) is 0 Å². The highest BCUT2D eigenvalue weighted by Gasteiger charge is 2.38. The first kappa shape index (κ1) is 23.8. The lowest BCUT2D eigenvalue weighted by atomic mass is 9.80. The van der Waals surface area contributed by atoms with Crippen LogP contribution in [0, 0.1) is 5.41 Å². The minimum Gasteiger partial charge on any atom is -0.478 e. The molecule has 1 aromatic rings. The fourth-order valence-corrected chi connectivity index (χ4v) is 3.45. The number of hydrogen-bond acceptors (Lipinski definition) is 6. The predicted octanol–water partition coefficient (Wildman–Crippen LogP) is 4.40. The molecule has 1 aromatic carbocycles. The van der Waals surface area contributed by atoms with Gasteiger partial charge >= 0.3 is 17.9 Å². The maximum atomic E-state index is 12.9. The number of carbonyl (C=O) groups excluding carboxylic acids is 2. The molecule has 0 amide bonds. The fourth-order valence-electron chi connectivity index (χ4n) is 3.03. The molecule has 0 saturated heterocycles. The van der Waals surface area contributed by atoms with Crippen molar-refractivity contribution in [1.29, 1.82) is 0 Å². The Morgan fingerprint density at radius 2 is 1.67 bits per heavy atom. The number of aliphatic carboxylic acids is 1. The Bertz CT molecular complexity index is 959. The van der Waals surface area contributed by atoms with E-state index in [-0.39, 0.29) is 21.2 Å². The summed E-state index contributed by atoms with van der Waals surface area (Å²) in [6.45, 7) is 7.60. The van der Waals surface area contributed by atoms with E-state index in [4.69, 9.17) is 32.7 Å². The minimum atomic E-state index is -1.22. The van der Waals surface area contributed by atoms with E-state index in [1.54, 1.807) is 52.8 Å². The van der Waals surface area contributed by atoms with Crippen molar-refractivity contribution in [1.82, 2.24) is 5.32 Å². The molecule has 0 bridgehead atoms. The molecule has 1 aliphatic rings. The summed E-state index contributed by atoms with van der Waals surface area (Å²) in [4.78, 5) is 36.8. The number of carboxylic acid groups (broad SMARTS) is 1. The molecule has 1 atom stereocenters. The zero-order valence-electron chi connectivity index (χ0n) is 17.3. The van der Waals surface area contributed by atoms with Gasteiger partial charge in [-0.25, -0.2) is 9.59 Å². The summed E-state index contributed by atoms with van der Waals surface area (Å²) >= 11 is 12.5. The van der Waals surface area contributed by atoms with E-state index in [0.29, 0.717) is 17.0 Å². The Hall–Kier alpha value is -2.51. The number of dihydropyridines is 1. The number of hydrogen-bond donors (Lipinski definition) is 2. The maximum Gasteiger partial charge on any atom is 0.339 e. The number of nitrogens with one attached hydrogen (secondary N) is 1. The van der Waals surface area contributed by atoms with Gasteiger partial charge in [0.2, 0.25) is 6.79 Å². The molecule has 2 N–H and O–H groups in total. The molecule has 2 rings (SSSR count). The molecular formula is C21H23Cl2NO6. The van der Waals surface area contributed by atoms with E-state index < -0.39 is 36.0 Å². The van der Waals surface area contributed by atoms with Crippen LogP contribution in [0.1, 0.15) is 46.1 Å². The lowest BCUT2D eigenvalue weighted by Gasteiger charge is -2.30. The van der Waals surface area contributed by atoms with Crippen molar-refractivity contribution < 1.29 is 29.0 Å². The Labute approximate surface area is 184 Å². The van der Waals surface area contributed by atoms with Gasteiger partial charge in [-0.05, 0) is 46.2 Å². The summed E-state index contributed by atoms with van der Waals surface area (Å²) in [6.07, 6.45) is 0. The van der Waals surface area contributed by atoms with Crippen LogP contribution in [0.4, 0.5) is 0 Å². The minimum absolute atomic E-state index is 0.0361. The third-order valence-corrected chi connectivity index (χ3v) is 5.33. The number of ether oxygens (including phenoxy) is 2. The number of benzene rings is 1. The average Bonchev–Trinajstić information content (AvgIpc) is 2.62. The molecule has 0 aromatic heterocycles. The third-order valence-electron chi connectivity index (χ3n) is 4.50. The molecule has 30 heavy (non-hydrogen) atoms. The molecule has 162 valence electrons. The molecule has 7 nitrogen and oxygen atoms in total. The fraction of sp³-hybridized carbons (Fsp3) is 0.381. The van der Waals surface area contributed by atoms with Gasteiger partial charge in [-0.3, -0.25) is 4.79 Å². The highest BCUT2D eigenvalue weighted by molar-refractivity contribution is 6.42. The lowest BCUT2D eigenvalue weighted by molar-refractivity contribution is -0.171. The van der Waals surface area contributed by atoms with E-state index >= 15 is 0 Å². The average molecular weight is 456 g/mol. The van der Waals surface area contributed by atoms with Crippen LogP contribution in [-0.2, 0) is 23.9 Å². The van der Waals surface area contributed by atoms with Gasteiger partial charge in [0, 0.05) is 11.4 Å². The van der Waals surface area contributed by atoms with E-state index in [9.17, 15) is 19.5 Å². The SMILES string of the molecule is CC1=C(C(=O)O)[C@H](c2cccc(Cl)c2Cl)C(C(=O)OCOC(=O)C(C)(C)C)=C(C)N1. The first-order chi connectivity index (χ1) is 13.9. The number of halogens is 2. The number of allylic oxidation sites excluding steroid dienone is 2. The molecule has 0 saturated carbocycles. The van der Waals surface area contributed by atoms with Crippen molar-refractivity contribution >= 4 is 41.1 Å². The van der Waals surface area contributed by atoms with Crippen molar-refractivity contribution in [3.05, 3.63) is 56.3 Å². The molecule has 0 unspecified atom stereocenters. The normalized spacial score (nSPS) is 16.8. The van der Waals surface area contributed by atoms with E-state index in [2.05, 4.69) is 5.32 Å². The zero-order chi connectivity index (χ0) is 22.8. The van der Waals surface area contributed by atoms with E-state index in [1.165, 1.54) is 0 Å². The van der Waals surface area contributed by atoms with Crippen molar-refractivity contribution in [2.24, 2.45) is 5.41 Å². The molecular weight excluding hydrogens is 433 g/mol. The summed E-state index contributed by atoms with van der Waals surface area (Å²) in [6, 6.07) is 4.77. The Morgan fingerprint density at radius 1 is 1.07 bits per heavy atom. The zero-order valence-corrected chi connectivity index (χ0v) is 18.8. The largest absolute Gasteiger partial charge is 0.478 e. The number of rotatable bonds is 5. The quantitative estimate of drug-likeness (QED) is 0.500. The van der Waals surface area contributed by atoms with Crippen LogP contribution in [0.3, 0.4) is 0 Å². The highest BCUT2D eigenvalue weighted by atomic mass is 35.5. The Balaban J connectivity index is 2.43. The van der Waals surface area contributed by atoms with Crippen LogP contribution in [0.2, 0.25) is 10.0 Å². The monoisotopic (exact) mass is 455 g/mol. The summed E-state index contributed by atoms with van der Waals surface area (Å²) in [7, 11) is 0. The van der Waals surface area contributed by atoms with Gasteiger partial charge in [0.1, 0.15) is 0 Å². The van der Waals surface area contributed by atoms with Gasteiger partial charge in [-0.1, -0.05) is 35.3 Å². The first-order valence-electron chi connectivity index (χ1n) is 9.06. The van der Waals surface area contributed by atoms with Gasteiger partial charge in [0.25, 0.3) is 0 Å². The van der Waals surface area contributed by atoms with Gasteiger partial charge in [-0.2, -0.15) is 0 Å². The Kier molecular flexibility index (Phi) is 7.21. The summed E-state index contributed by atoms with van der Waals surface area (Å²) < 4.78 is 10.1. The summed E-state index contributed by atoms with van der Waals surface area (Å²) in [5.41, 5.74) is 0.307. The molecule has 0 spiro atoms. The second kappa shape index (κ2) is 9.10. The number of carbonyl (C=O) groups is 3. The second-order valence-electron chi connectivity index (χ2n) is 7.82. The molecule has 9 heteroatoms. The van der Waals surface area contributed by atoms with Crippen LogP contribution < -0.4 is 5.32 Å². The summed E-state index contributed by atoms with van der Waals surface area (Å²) in [5, 5.41) is 13.1. The van der Waals surface area contributed by atoms with Gasteiger partial charge < -0.3 is 19.9 Å². The molecule has 0 fully saturated rings. The number of carboxylic acids is 1. The van der Waals surface area contributed by atoms with E-state index in [0.717, 1.165) is 0 Å². The highest BCUT2D eigenvalue weighted by Crippen LogP contribution is 2.43.